The Bertz CT molecular complexity index is 1130. The SMILES string of the molecule is FC(F)(F)c1n[nH]cc1-c1nc2ccc3[nH]ncc3c2c2c1CCO2. The number of halogens is 3. The van der Waals surface area contributed by atoms with Gasteiger partial charge in [0.25, 0.3) is 0 Å². The molecule has 1 aromatic carbocycles. The lowest BCUT2D eigenvalue weighted by molar-refractivity contribution is -0.140. The molecule has 0 amide bonds. The molecule has 0 saturated heterocycles. The topological polar surface area (TPSA) is 79.5 Å². The highest BCUT2D eigenvalue weighted by atomic mass is 19.4. The number of aromatic nitrogens is 5. The van der Waals surface area contributed by atoms with Crippen molar-refractivity contribution in [2.24, 2.45) is 0 Å². The van der Waals surface area contributed by atoms with Gasteiger partial charge >= 0.3 is 6.18 Å². The molecule has 126 valence electrons. The molecule has 0 aliphatic carbocycles. The number of hydrogen-bond acceptors (Lipinski definition) is 4. The number of alkyl halides is 3. The number of nitrogens with one attached hydrogen (secondary N) is 2. The van der Waals surface area contributed by atoms with Crippen LogP contribution in [-0.2, 0) is 12.6 Å². The van der Waals surface area contributed by atoms with Gasteiger partial charge in [0.15, 0.2) is 5.69 Å². The summed E-state index contributed by atoms with van der Waals surface area (Å²) < 4.78 is 45.5. The Labute approximate surface area is 138 Å². The third-order valence-corrected chi connectivity index (χ3v) is 4.38. The van der Waals surface area contributed by atoms with Crippen molar-refractivity contribution in [1.29, 1.82) is 0 Å². The number of ether oxygens (including phenoxy) is 1. The summed E-state index contributed by atoms with van der Waals surface area (Å²) >= 11 is 0. The van der Waals surface area contributed by atoms with Crippen molar-refractivity contribution in [3.8, 4) is 17.0 Å². The fraction of sp³-hybridized carbons (Fsp3) is 0.188. The molecule has 0 unspecified atom stereocenters. The van der Waals surface area contributed by atoms with Crippen LogP contribution in [0.5, 0.6) is 5.75 Å². The first kappa shape index (κ1) is 14.3. The van der Waals surface area contributed by atoms with Gasteiger partial charge in [-0.05, 0) is 12.1 Å². The number of rotatable bonds is 1. The van der Waals surface area contributed by atoms with E-state index in [1.165, 1.54) is 6.20 Å². The predicted molar refractivity (Wildman–Crippen MR) is 83.2 cm³/mol. The van der Waals surface area contributed by atoms with Crippen molar-refractivity contribution >= 4 is 21.8 Å². The molecule has 6 nitrogen and oxygen atoms in total. The second-order valence-electron chi connectivity index (χ2n) is 5.80. The van der Waals surface area contributed by atoms with Crippen LogP contribution in [0.1, 0.15) is 11.3 Å². The van der Waals surface area contributed by atoms with Crippen LogP contribution in [0.25, 0.3) is 33.1 Å². The summed E-state index contributed by atoms with van der Waals surface area (Å²) in [6.07, 6.45) is -1.18. The van der Waals surface area contributed by atoms with Gasteiger partial charge in [-0.2, -0.15) is 23.4 Å². The standard InChI is InChI=1S/C16H10F3N5O/c17-16(18,19)15-9(6-21-24-15)13-7-3-4-25-14(7)12-8-5-20-23-10(8)1-2-11(12)22-13/h1-2,5-6H,3-4H2,(H,20,23)(H,21,24). The molecule has 0 saturated carbocycles. The second-order valence-corrected chi connectivity index (χ2v) is 5.80. The molecule has 0 spiro atoms. The molecular formula is C16H10F3N5O. The highest BCUT2D eigenvalue weighted by Crippen LogP contribution is 2.44. The fourth-order valence-electron chi connectivity index (χ4n) is 3.34. The Morgan fingerprint density at radius 2 is 2.08 bits per heavy atom. The molecule has 0 radical (unpaired) electrons. The molecule has 4 aromatic rings. The van der Waals surface area contributed by atoms with E-state index >= 15 is 0 Å². The lowest BCUT2D eigenvalue weighted by atomic mass is 10.00. The number of benzene rings is 1. The molecule has 2 N–H and O–H groups in total. The summed E-state index contributed by atoms with van der Waals surface area (Å²) in [6, 6.07) is 3.54. The molecular weight excluding hydrogens is 335 g/mol. The number of aromatic amines is 2. The van der Waals surface area contributed by atoms with Crippen molar-refractivity contribution in [1.82, 2.24) is 25.4 Å². The fourth-order valence-corrected chi connectivity index (χ4v) is 3.34. The maximum Gasteiger partial charge on any atom is 0.435 e. The lowest BCUT2D eigenvalue weighted by Gasteiger charge is -2.12. The van der Waals surface area contributed by atoms with Gasteiger partial charge in [0.1, 0.15) is 5.75 Å². The van der Waals surface area contributed by atoms with E-state index in [-0.39, 0.29) is 11.3 Å². The summed E-state index contributed by atoms with van der Waals surface area (Å²) in [7, 11) is 0. The Kier molecular flexibility index (Phi) is 2.69. The first-order chi connectivity index (χ1) is 12.0. The molecule has 0 atom stereocenters. The van der Waals surface area contributed by atoms with Gasteiger partial charge in [0.2, 0.25) is 0 Å². The molecule has 0 bridgehead atoms. The van der Waals surface area contributed by atoms with Gasteiger partial charge in [0, 0.05) is 23.6 Å². The van der Waals surface area contributed by atoms with E-state index in [2.05, 4.69) is 25.4 Å². The maximum absolute atomic E-state index is 13.2. The Morgan fingerprint density at radius 1 is 1.20 bits per heavy atom. The average Bonchev–Trinajstić information content (AvgIpc) is 3.31. The van der Waals surface area contributed by atoms with Crippen LogP contribution in [0.3, 0.4) is 0 Å². The highest BCUT2D eigenvalue weighted by molar-refractivity contribution is 6.09. The molecule has 4 heterocycles. The Morgan fingerprint density at radius 3 is 2.92 bits per heavy atom. The zero-order chi connectivity index (χ0) is 17.2. The summed E-state index contributed by atoms with van der Waals surface area (Å²) in [4.78, 5) is 4.51. The normalized spacial score (nSPS) is 14.2. The maximum atomic E-state index is 13.2. The zero-order valence-electron chi connectivity index (χ0n) is 12.6. The van der Waals surface area contributed by atoms with Crippen molar-refractivity contribution in [3.63, 3.8) is 0 Å². The first-order valence-electron chi connectivity index (χ1n) is 7.57. The molecule has 1 aliphatic heterocycles. The van der Waals surface area contributed by atoms with E-state index in [0.717, 1.165) is 16.3 Å². The van der Waals surface area contributed by atoms with E-state index in [0.29, 0.717) is 29.9 Å². The molecule has 25 heavy (non-hydrogen) atoms. The van der Waals surface area contributed by atoms with Crippen LogP contribution >= 0.6 is 0 Å². The molecule has 1 aliphatic rings. The zero-order valence-corrected chi connectivity index (χ0v) is 12.6. The van der Waals surface area contributed by atoms with Crippen LogP contribution in [0.2, 0.25) is 0 Å². The minimum Gasteiger partial charge on any atom is -0.492 e. The number of H-pyrrole nitrogens is 2. The quantitative estimate of drug-likeness (QED) is 0.554. The largest absolute Gasteiger partial charge is 0.492 e. The molecule has 0 fully saturated rings. The minimum atomic E-state index is -4.56. The minimum absolute atomic E-state index is 0.0663. The van der Waals surface area contributed by atoms with E-state index in [1.807, 2.05) is 0 Å². The van der Waals surface area contributed by atoms with Crippen molar-refractivity contribution in [2.45, 2.75) is 12.6 Å². The van der Waals surface area contributed by atoms with Gasteiger partial charge in [-0.25, -0.2) is 4.98 Å². The summed E-state index contributed by atoms with van der Waals surface area (Å²) in [5.41, 5.74) is 1.25. The third kappa shape index (κ3) is 1.95. The van der Waals surface area contributed by atoms with Crippen LogP contribution in [0, 0.1) is 0 Å². The van der Waals surface area contributed by atoms with E-state index in [9.17, 15) is 13.2 Å². The number of hydrogen-bond donors (Lipinski definition) is 2. The van der Waals surface area contributed by atoms with Crippen molar-refractivity contribution in [2.75, 3.05) is 6.61 Å². The smallest absolute Gasteiger partial charge is 0.435 e. The molecule has 3 aromatic heterocycles. The molecule has 5 rings (SSSR count). The summed E-state index contributed by atoms with van der Waals surface area (Å²) in [5.74, 6) is 0.571. The number of pyridine rings is 1. The van der Waals surface area contributed by atoms with Crippen LogP contribution in [0.15, 0.2) is 24.5 Å². The Hall–Kier alpha value is -3.10. The van der Waals surface area contributed by atoms with Gasteiger partial charge in [0.05, 0.1) is 40.5 Å². The van der Waals surface area contributed by atoms with Crippen molar-refractivity contribution in [3.05, 3.63) is 35.8 Å². The van der Waals surface area contributed by atoms with E-state index < -0.39 is 11.9 Å². The van der Waals surface area contributed by atoms with E-state index in [4.69, 9.17) is 4.74 Å². The summed E-state index contributed by atoms with van der Waals surface area (Å²) in [6.45, 7) is 0.399. The lowest BCUT2D eigenvalue weighted by Crippen LogP contribution is -2.08. The van der Waals surface area contributed by atoms with Crippen molar-refractivity contribution < 1.29 is 17.9 Å². The monoisotopic (exact) mass is 345 g/mol. The van der Waals surface area contributed by atoms with Gasteiger partial charge in [-0.15, -0.1) is 0 Å². The van der Waals surface area contributed by atoms with Gasteiger partial charge in [-0.1, -0.05) is 0 Å². The predicted octanol–water partition coefficient (Wildman–Crippen LogP) is 3.45. The first-order valence-corrected chi connectivity index (χ1v) is 7.57. The summed E-state index contributed by atoms with van der Waals surface area (Å²) in [5, 5.41) is 14.2. The number of fused-ring (bicyclic) bond motifs is 5. The van der Waals surface area contributed by atoms with Gasteiger partial charge < -0.3 is 4.74 Å². The Balaban J connectivity index is 1.87. The van der Waals surface area contributed by atoms with E-state index in [1.54, 1.807) is 18.3 Å². The van der Waals surface area contributed by atoms with Gasteiger partial charge in [-0.3, -0.25) is 10.2 Å². The van der Waals surface area contributed by atoms with Crippen LogP contribution in [0.4, 0.5) is 13.2 Å². The van der Waals surface area contributed by atoms with Crippen LogP contribution < -0.4 is 4.74 Å². The third-order valence-electron chi connectivity index (χ3n) is 4.38. The number of nitrogens with zero attached hydrogens (tertiary/aromatic N) is 3. The second kappa shape index (κ2) is 4.71. The average molecular weight is 345 g/mol. The van der Waals surface area contributed by atoms with Crippen LogP contribution in [-0.4, -0.2) is 32.0 Å². The highest BCUT2D eigenvalue weighted by Gasteiger charge is 2.38. The molecule has 9 heteroatoms.